The van der Waals surface area contributed by atoms with Crippen molar-refractivity contribution in [1.29, 1.82) is 0 Å². The minimum atomic E-state index is -0.397. The summed E-state index contributed by atoms with van der Waals surface area (Å²) >= 11 is 5.60. The van der Waals surface area contributed by atoms with Gasteiger partial charge in [0.25, 0.3) is 5.91 Å². The summed E-state index contributed by atoms with van der Waals surface area (Å²) in [5.41, 5.74) is 1.34. The maximum absolute atomic E-state index is 11.9. The maximum Gasteiger partial charge on any atom is 0.318 e. The number of hydrogen-bond acceptors (Lipinski definition) is 4. The average Bonchev–Trinajstić information content (AvgIpc) is 2.49. The van der Waals surface area contributed by atoms with Crippen LogP contribution in [0.3, 0.4) is 0 Å². The number of hydrogen-bond donors (Lipinski definition) is 3. The van der Waals surface area contributed by atoms with Gasteiger partial charge in [-0.15, -0.1) is 10.2 Å². The van der Waals surface area contributed by atoms with Crippen molar-refractivity contribution < 1.29 is 9.59 Å². The van der Waals surface area contributed by atoms with Crippen LogP contribution in [-0.2, 0) is 0 Å². The van der Waals surface area contributed by atoms with E-state index in [1.165, 1.54) is 19.2 Å². The molecule has 0 aliphatic rings. The van der Waals surface area contributed by atoms with Gasteiger partial charge >= 0.3 is 6.03 Å². The number of aromatic nitrogens is 2. The predicted molar refractivity (Wildman–Crippen MR) is 79.5 cm³/mol. The topological polar surface area (TPSA) is 96.0 Å². The van der Waals surface area contributed by atoms with Crippen LogP contribution in [0, 0.1) is 0 Å². The molecule has 108 valence electrons. The molecule has 3 amide bonds. The third-order valence-corrected chi connectivity index (χ3v) is 2.69. The van der Waals surface area contributed by atoms with Gasteiger partial charge in [0, 0.05) is 18.4 Å². The lowest BCUT2D eigenvalue weighted by Crippen LogP contribution is -2.24. The van der Waals surface area contributed by atoms with E-state index in [1.54, 1.807) is 24.3 Å². The van der Waals surface area contributed by atoms with Crippen molar-refractivity contribution in [3.8, 4) is 0 Å². The van der Waals surface area contributed by atoms with Crippen molar-refractivity contribution in [2.24, 2.45) is 0 Å². The van der Waals surface area contributed by atoms with Crippen molar-refractivity contribution in [2.75, 3.05) is 17.7 Å². The Kier molecular flexibility index (Phi) is 4.68. The third-order valence-electron chi connectivity index (χ3n) is 2.49. The Balaban J connectivity index is 2.01. The molecule has 1 heterocycles. The number of nitrogens with one attached hydrogen (secondary N) is 3. The minimum absolute atomic E-state index is 0.159. The summed E-state index contributed by atoms with van der Waals surface area (Å²) in [5, 5.41) is 15.2. The summed E-state index contributed by atoms with van der Waals surface area (Å²) in [7, 11) is 1.52. The molecule has 8 heteroatoms. The number of nitrogens with zero attached hydrogens (tertiary/aromatic N) is 2. The number of halogens is 1. The first kappa shape index (κ1) is 14.7. The summed E-state index contributed by atoms with van der Waals surface area (Å²) < 4.78 is 0. The van der Waals surface area contributed by atoms with E-state index in [-0.39, 0.29) is 16.9 Å². The van der Waals surface area contributed by atoms with E-state index in [0.29, 0.717) is 11.4 Å². The standard InChI is InChI=1S/C13H12ClN5O2/c1-15-13(21)17-9-4-2-8(3-5-9)16-12(20)10-6-7-11(14)19-18-10/h2-7H,1H3,(H,16,20)(H2,15,17,21). The Labute approximate surface area is 125 Å². The van der Waals surface area contributed by atoms with Gasteiger partial charge in [0.1, 0.15) is 0 Å². The zero-order chi connectivity index (χ0) is 15.2. The number of rotatable bonds is 3. The van der Waals surface area contributed by atoms with Crippen molar-refractivity contribution in [3.63, 3.8) is 0 Å². The molecule has 1 aromatic heterocycles. The summed E-state index contributed by atoms with van der Waals surface area (Å²) in [6.07, 6.45) is 0. The van der Waals surface area contributed by atoms with Gasteiger partial charge in [-0.1, -0.05) is 11.6 Å². The molecule has 0 aliphatic heterocycles. The van der Waals surface area contributed by atoms with Crippen LogP contribution in [0.25, 0.3) is 0 Å². The Hall–Kier alpha value is -2.67. The Morgan fingerprint density at radius 1 is 0.952 bits per heavy atom. The van der Waals surface area contributed by atoms with Crippen molar-refractivity contribution >= 4 is 34.9 Å². The normalized spacial score (nSPS) is 9.81. The summed E-state index contributed by atoms with van der Waals surface area (Å²) in [6, 6.07) is 9.30. The summed E-state index contributed by atoms with van der Waals surface area (Å²) in [4.78, 5) is 23.0. The quantitative estimate of drug-likeness (QED) is 0.809. The van der Waals surface area contributed by atoms with E-state index in [4.69, 9.17) is 11.6 Å². The fourth-order valence-electron chi connectivity index (χ4n) is 1.46. The molecule has 0 saturated heterocycles. The van der Waals surface area contributed by atoms with Gasteiger partial charge in [0.05, 0.1) is 0 Å². The molecule has 0 spiro atoms. The van der Waals surface area contributed by atoms with E-state index in [0.717, 1.165) is 0 Å². The van der Waals surface area contributed by atoms with Crippen LogP contribution in [0.4, 0.5) is 16.2 Å². The van der Waals surface area contributed by atoms with E-state index < -0.39 is 5.91 Å². The van der Waals surface area contributed by atoms with Gasteiger partial charge in [-0.05, 0) is 36.4 Å². The molecule has 7 nitrogen and oxygen atoms in total. The van der Waals surface area contributed by atoms with Crippen LogP contribution in [0.5, 0.6) is 0 Å². The number of urea groups is 1. The third kappa shape index (κ3) is 4.15. The zero-order valence-electron chi connectivity index (χ0n) is 11.1. The second kappa shape index (κ2) is 6.67. The van der Waals surface area contributed by atoms with Crippen molar-refractivity contribution in [1.82, 2.24) is 15.5 Å². The van der Waals surface area contributed by atoms with Gasteiger partial charge in [-0.25, -0.2) is 4.79 Å². The highest BCUT2D eigenvalue weighted by Crippen LogP contribution is 2.14. The second-order valence-corrected chi connectivity index (χ2v) is 4.36. The van der Waals surface area contributed by atoms with Crippen LogP contribution in [0.2, 0.25) is 5.15 Å². The lowest BCUT2D eigenvalue weighted by molar-refractivity contribution is 0.102. The highest BCUT2D eigenvalue weighted by molar-refractivity contribution is 6.29. The molecule has 3 N–H and O–H groups in total. The largest absolute Gasteiger partial charge is 0.341 e. The van der Waals surface area contributed by atoms with Gasteiger partial charge < -0.3 is 16.0 Å². The molecule has 1 aromatic carbocycles. The second-order valence-electron chi connectivity index (χ2n) is 3.98. The average molecular weight is 306 g/mol. The highest BCUT2D eigenvalue weighted by atomic mass is 35.5. The van der Waals surface area contributed by atoms with Gasteiger partial charge in [-0.2, -0.15) is 0 Å². The molecule has 0 atom stereocenters. The number of amides is 3. The molecule has 0 aliphatic carbocycles. The van der Waals surface area contributed by atoms with E-state index >= 15 is 0 Å². The number of benzene rings is 1. The predicted octanol–water partition coefficient (Wildman–Crippen LogP) is 2.13. The van der Waals surface area contributed by atoms with Crippen LogP contribution in [0.1, 0.15) is 10.5 Å². The molecule has 21 heavy (non-hydrogen) atoms. The Morgan fingerprint density at radius 2 is 1.57 bits per heavy atom. The van der Waals surface area contributed by atoms with Crippen LogP contribution < -0.4 is 16.0 Å². The zero-order valence-corrected chi connectivity index (χ0v) is 11.8. The molecule has 0 radical (unpaired) electrons. The minimum Gasteiger partial charge on any atom is -0.341 e. The number of anilines is 2. The molecular formula is C13H12ClN5O2. The van der Waals surface area contributed by atoms with Crippen molar-refractivity contribution in [3.05, 3.63) is 47.2 Å². The lowest BCUT2D eigenvalue weighted by Gasteiger charge is -2.07. The van der Waals surface area contributed by atoms with E-state index in [1.807, 2.05) is 0 Å². The first-order valence-corrected chi connectivity index (χ1v) is 6.35. The van der Waals surface area contributed by atoms with Gasteiger partial charge in [-0.3, -0.25) is 4.79 Å². The fraction of sp³-hybridized carbons (Fsp3) is 0.0769. The fourth-order valence-corrected chi connectivity index (χ4v) is 1.56. The van der Waals surface area contributed by atoms with Crippen LogP contribution in [0.15, 0.2) is 36.4 Å². The van der Waals surface area contributed by atoms with Crippen molar-refractivity contribution in [2.45, 2.75) is 0 Å². The summed E-state index contributed by atoms with van der Waals surface area (Å²) in [6.45, 7) is 0. The monoisotopic (exact) mass is 305 g/mol. The highest BCUT2D eigenvalue weighted by Gasteiger charge is 2.08. The summed E-state index contributed by atoms with van der Waals surface area (Å²) in [5.74, 6) is -0.397. The van der Waals surface area contributed by atoms with Gasteiger partial charge in [0.15, 0.2) is 10.8 Å². The van der Waals surface area contributed by atoms with E-state index in [2.05, 4.69) is 26.1 Å². The Bertz CT molecular complexity index is 643. The Morgan fingerprint density at radius 3 is 2.10 bits per heavy atom. The molecule has 2 rings (SSSR count). The molecule has 2 aromatic rings. The molecular weight excluding hydrogens is 294 g/mol. The first-order valence-electron chi connectivity index (χ1n) is 5.98. The molecule has 0 fully saturated rings. The lowest BCUT2D eigenvalue weighted by atomic mass is 10.2. The van der Waals surface area contributed by atoms with Crippen LogP contribution >= 0.6 is 11.6 Å². The van der Waals surface area contributed by atoms with Gasteiger partial charge in [0.2, 0.25) is 0 Å². The maximum atomic E-state index is 11.9. The molecule has 0 bridgehead atoms. The van der Waals surface area contributed by atoms with E-state index in [9.17, 15) is 9.59 Å². The smallest absolute Gasteiger partial charge is 0.318 e. The molecule has 0 unspecified atom stereocenters. The number of carbonyl (C=O) groups excluding carboxylic acids is 2. The SMILES string of the molecule is CNC(=O)Nc1ccc(NC(=O)c2ccc(Cl)nn2)cc1. The number of carbonyl (C=O) groups is 2. The first-order chi connectivity index (χ1) is 10.1. The molecule has 0 saturated carbocycles. The van der Waals surface area contributed by atoms with Crippen LogP contribution in [-0.4, -0.2) is 29.2 Å².